The van der Waals surface area contributed by atoms with Gasteiger partial charge in [-0.1, -0.05) is 32.0 Å². The fourth-order valence-electron chi connectivity index (χ4n) is 4.20. The first kappa shape index (κ1) is 26.8. The third-order valence-corrected chi connectivity index (χ3v) is 7.66. The zero-order chi connectivity index (χ0) is 23.5. The maximum absolute atomic E-state index is 12.5. The first-order valence-corrected chi connectivity index (χ1v) is 11.8. The SMILES string of the molecule is CC1(C)c2cc(O)ccc2C[C@H](SCCC(=O)NC(Cc2ccc(O)cc2)C(N)=O)[C@H]1[NH3+].[Cl-]. The lowest BCUT2D eigenvalue weighted by molar-refractivity contribution is -0.435. The Bertz CT molecular complexity index is 984. The van der Waals surface area contributed by atoms with Gasteiger partial charge in [-0.3, -0.25) is 9.59 Å². The number of fused-ring (bicyclic) bond motifs is 1. The summed E-state index contributed by atoms with van der Waals surface area (Å²) in [5.41, 5.74) is 12.8. The van der Waals surface area contributed by atoms with E-state index in [2.05, 4.69) is 24.9 Å². The molecule has 7 nitrogen and oxygen atoms in total. The second kappa shape index (κ2) is 11.1. The quantitative estimate of drug-likeness (QED) is 0.296. The molecule has 0 radical (unpaired) electrons. The van der Waals surface area contributed by atoms with Gasteiger partial charge in [0.15, 0.2) is 0 Å². The number of phenolic OH excluding ortho intramolecular Hbond substituents is 2. The summed E-state index contributed by atoms with van der Waals surface area (Å²) in [6.07, 6.45) is 1.39. The van der Waals surface area contributed by atoms with Gasteiger partial charge in [0.05, 0.1) is 5.25 Å². The van der Waals surface area contributed by atoms with Crippen LogP contribution in [-0.4, -0.2) is 45.1 Å². The van der Waals surface area contributed by atoms with Crippen molar-refractivity contribution >= 4 is 23.6 Å². The van der Waals surface area contributed by atoms with Crippen molar-refractivity contribution in [1.82, 2.24) is 5.32 Å². The van der Waals surface area contributed by atoms with Crippen LogP contribution in [0.5, 0.6) is 11.5 Å². The number of quaternary nitrogens is 1. The van der Waals surface area contributed by atoms with Gasteiger partial charge < -0.3 is 39.4 Å². The Morgan fingerprint density at radius 3 is 2.45 bits per heavy atom. The third kappa shape index (κ3) is 6.56. The van der Waals surface area contributed by atoms with Gasteiger partial charge in [0.25, 0.3) is 0 Å². The molecule has 1 aliphatic carbocycles. The summed E-state index contributed by atoms with van der Waals surface area (Å²) in [5.74, 6) is 0.200. The zero-order valence-corrected chi connectivity index (χ0v) is 20.5. The van der Waals surface area contributed by atoms with E-state index in [-0.39, 0.29) is 59.4 Å². The van der Waals surface area contributed by atoms with E-state index in [1.807, 2.05) is 12.1 Å². The van der Waals surface area contributed by atoms with Crippen LogP contribution in [0.4, 0.5) is 0 Å². The normalized spacial score (nSPS) is 19.6. The Morgan fingerprint density at radius 1 is 1.18 bits per heavy atom. The van der Waals surface area contributed by atoms with Crippen LogP contribution in [0.3, 0.4) is 0 Å². The van der Waals surface area contributed by atoms with Gasteiger partial charge in [-0.15, -0.1) is 0 Å². The zero-order valence-electron chi connectivity index (χ0n) is 18.9. The Kier molecular flexibility index (Phi) is 9.05. The summed E-state index contributed by atoms with van der Waals surface area (Å²) in [4.78, 5) is 24.3. The van der Waals surface area contributed by atoms with E-state index in [1.165, 1.54) is 17.7 Å². The number of hydrogen-bond donors (Lipinski definition) is 5. The van der Waals surface area contributed by atoms with Gasteiger partial charge in [0.1, 0.15) is 23.6 Å². The summed E-state index contributed by atoms with van der Waals surface area (Å²) in [6, 6.07) is 11.3. The van der Waals surface area contributed by atoms with E-state index in [0.717, 1.165) is 17.5 Å². The number of amides is 2. The molecular formula is C24H32ClN3O4S. The van der Waals surface area contributed by atoms with Crippen LogP contribution in [0, 0.1) is 0 Å². The van der Waals surface area contributed by atoms with Gasteiger partial charge in [-0.25, -0.2) is 0 Å². The number of benzene rings is 2. The van der Waals surface area contributed by atoms with E-state index >= 15 is 0 Å². The van der Waals surface area contributed by atoms with E-state index in [4.69, 9.17) is 5.73 Å². The van der Waals surface area contributed by atoms with Crippen LogP contribution in [0.15, 0.2) is 42.5 Å². The molecule has 33 heavy (non-hydrogen) atoms. The Morgan fingerprint density at radius 2 is 1.82 bits per heavy atom. The molecule has 0 aromatic heterocycles. The lowest BCUT2D eigenvalue weighted by Gasteiger charge is -2.40. The number of aromatic hydroxyl groups is 2. The van der Waals surface area contributed by atoms with Crippen molar-refractivity contribution in [3.05, 3.63) is 59.2 Å². The molecule has 2 aromatic rings. The van der Waals surface area contributed by atoms with Crippen LogP contribution < -0.4 is 29.2 Å². The van der Waals surface area contributed by atoms with Gasteiger partial charge >= 0.3 is 0 Å². The molecule has 1 aliphatic rings. The number of nitrogens with one attached hydrogen (secondary N) is 1. The summed E-state index contributed by atoms with van der Waals surface area (Å²) in [5, 5.41) is 22.2. The van der Waals surface area contributed by atoms with Crippen LogP contribution in [0.1, 0.15) is 37.0 Å². The predicted octanol–water partition coefficient (Wildman–Crippen LogP) is -1.75. The molecule has 0 saturated carbocycles. The first-order valence-electron chi connectivity index (χ1n) is 10.7. The molecule has 8 N–H and O–H groups in total. The molecule has 0 saturated heterocycles. The molecule has 0 bridgehead atoms. The van der Waals surface area contributed by atoms with Crippen molar-refractivity contribution < 1.29 is 37.9 Å². The van der Waals surface area contributed by atoms with Crippen molar-refractivity contribution in [1.29, 1.82) is 0 Å². The molecule has 0 spiro atoms. The first-order chi connectivity index (χ1) is 15.1. The highest BCUT2D eigenvalue weighted by molar-refractivity contribution is 8.00. The Hall–Kier alpha value is -2.42. The molecule has 3 rings (SSSR count). The van der Waals surface area contributed by atoms with Crippen molar-refractivity contribution in [2.24, 2.45) is 5.73 Å². The standard InChI is InChI=1S/C24H31N3O4S.ClH/c1-24(2)18-13-17(29)8-5-15(18)12-20(22(24)25)32-10-9-21(30)27-19(23(26)31)11-14-3-6-16(28)7-4-14;/h3-8,13,19-20,22,28-29H,9-12,25H2,1-2H3,(H2,26,31)(H,27,30);1H/t19?,20-,22+;/m0./s1. The van der Waals surface area contributed by atoms with Gasteiger partial charge in [0, 0.05) is 24.0 Å². The molecule has 0 heterocycles. The molecule has 9 heteroatoms. The van der Waals surface area contributed by atoms with Crippen LogP contribution >= 0.6 is 11.8 Å². The largest absolute Gasteiger partial charge is 1.00 e. The summed E-state index contributed by atoms with van der Waals surface area (Å²) in [6.45, 7) is 4.28. The summed E-state index contributed by atoms with van der Waals surface area (Å²) >= 11 is 1.72. The molecule has 1 unspecified atom stereocenters. The van der Waals surface area contributed by atoms with Gasteiger partial charge in [-0.05, 0) is 47.4 Å². The van der Waals surface area contributed by atoms with Crippen molar-refractivity contribution in [3.8, 4) is 11.5 Å². The van der Waals surface area contributed by atoms with Crippen molar-refractivity contribution in [2.45, 2.75) is 55.9 Å². The molecule has 2 aromatic carbocycles. The highest BCUT2D eigenvalue weighted by Crippen LogP contribution is 2.40. The highest BCUT2D eigenvalue weighted by atomic mass is 35.5. The van der Waals surface area contributed by atoms with Gasteiger partial charge in [-0.2, -0.15) is 11.8 Å². The molecule has 2 amide bonds. The van der Waals surface area contributed by atoms with Gasteiger partial charge in [0.2, 0.25) is 11.8 Å². The average molecular weight is 494 g/mol. The van der Waals surface area contributed by atoms with E-state index in [0.29, 0.717) is 5.75 Å². The minimum atomic E-state index is -0.800. The van der Waals surface area contributed by atoms with Crippen molar-refractivity contribution in [2.75, 3.05) is 5.75 Å². The fraction of sp³-hybridized carbons (Fsp3) is 0.417. The van der Waals surface area contributed by atoms with Crippen LogP contribution in [-0.2, 0) is 27.8 Å². The topological polar surface area (TPSA) is 140 Å². The molecule has 180 valence electrons. The maximum Gasteiger partial charge on any atom is 0.240 e. The molecule has 0 fully saturated rings. The Balaban J connectivity index is 0.00000385. The lowest BCUT2D eigenvalue weighted by Crippen LogP contribution is -3.00. The molecular weight excluding hydrogens is 462 g/mol. The number of thioether (sulfide) groups is 1. The second-order valence-corrected chi connectivity index (χ2v) is 10.3. The van der Waals surface area contributed by atoms with Crippen molar-refractivity contribution in [3.63, 3.8) is 0 Å². The second-order valence-electron chi connectivity index (χ2n) is 8.93. The van der Waals surface area contributed by atoms with Crippen LogP contribution in [0.2, 0.25) is 0 Å². The third-order valence-electron chi connectivity index (χ3n) is 6.30. The smallest absolute Gasteiger partial charge is 0.240 e. The summed E-state index contributed by atoms with van der Waals surface area (Å²) < 4.78 is 0. The predicted molar refractivity (Wildman–Crippen MR) is 125 cm³/mol. The fourth-order valence-corrected chi connectivity index (χ4v) is 5.68. The van der Waals surface area contributed by atoms with Crippen LogP contribution in [0.25, 0.3) is 0 Å². The van der Waals surface area contributed by atoms with E-state index in [1.54, 1.807) is 30.0 Å². The monoisotopic (exact) mass is 493 g/mol. The average Bonchev–Trinajstić information content (AvgIpc) is 2.73. The number of carbonyl (C=O) groups excluding carboxylic acids is 2. The molecule has 0 aliphatic heterocycles. The summed E-state index contributed by atoms with van der Waals surface area (Å²) in [7, 11) is 0. The number of hydrogen-bond acceptors (Lipinski definition) is 5. The number of primary amides is 1. The number of rotatable bonds is 8. The lowest BCUT2D eigenvalue weighted by atomic mass is 9.69. The minimum Gasteiger partial charge on any atom is -1.00 e. The highest BCUT2D eigenvalue weighted by Gasteiger charge is 2.43. The van der Waals surface area contributed by atoms with E-state index in [9.17, 15) is 19.8 Å². The Labute approximate surface area is 204 Å². The number of phenols is 2. The number of nitrogens with two attached hydrogens (primary N) is 1. The maximum atomic E-state index is 12.5. The number of carbonyl (C=O) groups is 2. The minimum absolute atomic E-state index is 0. The van der Waals surface area contributed by atoms with E-state index < -0.39 is 11.9 Å². The number of halogens is 1. The molecule has 3 atom stereocenters.